The normalized spacial score (nSPS) is 14.3. The molecule has 0 aliphatic heterocycles. The highest BCUT2D eigenvalue weighted by Crippen LogP contribution is 2.24. The molecule has 0 radical (unpaired) electrons. The van der Waals surface area contributed by atoms with Crippen LogP contribution in [0.25, 0.3) is 0 Å². The lowest BCUT2D eigenvalue weighted by Crippen LogP contribution is -2.16. The van der Waals surface area contributed by atoms with Crippen LogP contribution in [-0.2, 0) is 6.42 Å². The molecule has 1 aliphatic rings. The van der Waals surface area contributed by atoms with E-state index in [4.69, 9.17) is 0 Å². The van der Waals surface area contributed by atoms with Gasteiger partial charge in [0, 0.05) is 17.5 Å². The largest absolute Gasteiger partial charge is 0.294 e. The summed E-state index contributed by atoms with van der Waals surface area (Å²) in [6.07, 6.45) is 1.54. The Labute approximate surface area is 97.9 Å². The average molecular weight is 228 g/mol. The van der Waals surface area contributed by atoms with E-state index < -0.39 is 8.07 Å². The summed E-state index contributed by atoms with van der Waals surface area (Å²) in [5.41, 5.74) is 6.31. The van der Waals surface area contributed by atoms with Gasteiger partial charge in [-0.3, -0.25) is 4.79 Å². The molecule has 0 fully saturated rings. The number of ketones is 1. The molecule has 2 heteroatoms. The molecule has 1 aromatic carbocycles. The average Bonchev–Trinajstić information content (AvgIpc) is 2.57. The summed E-state index contributed by atoms with van der Waals surface area (Å²) in [6, 6.07) is 6.01. The number of benzene rings is 1. The molecule has 82 valence electrons. The fourth-order valence-electron chi connectivity index (χ4n) is 1.87. The molecular formula is C14H16OSi. The maximum Gasteiger partial charge on any atom is 0.164 e. The Morgan fingerprint density at radius 2 is 1.94 bits per heavy atom. The van der Waals surface area contributed by atoms with Crippen LogP contribution in [0.5, 0.6) is 0 Å². The van der Waals surface area contributed by atoms with Crippen LogP contribution in [0.1, 0.15) is 27.9 Å². The first kappa shape index (κ1) is 11.2. The number of fused-ring (bicyclic) bond motifs is 1. The Hall–Kier alpha value is -1.33. The molecule has 0 aromatic heterocycles. The van der Waals surface area contributed by atoms with Gasteiger partial charge in [0.2, 0.25) is 0 Å². The van der Waals surface area contributed by atoms with Gasteiger partial charge in [-0.15, -0.1) is 5.54 Å². The molecule has 1 aliphatic carbocycles. The van der Waals surface area contributed by atoms with Crippen molar-refractivity contribution >= 4 is 13.9 Å². The molecule has 2 rings (SSSR count). The maximum atomic E-state index is 11.8. The number of hydrogen-bond donors (Lipinski definition) is 0. The third-order valence-electron chi connectivity index (χ3n) is 2.62. The fourth-order valence-corrected chi connectivity index (χ4v) is 2.38. The lowest BCUT2D eigenvalue weighted by atomic mass is 10.0. The van der Waals surface area contributed by atoms with Gasteiger partial charge < -0.3 is 0 Å². The smallest absolute Gasteiger partial charge is 0.164 e. The van der Waals surface area contributed by atoms with Crippen LogP contribution in [0.2, 0.25) is 19.6 Å². The standard InChI is InChI=1S/C14H16OSi/c1-16(2,3)10-9-12-6-4-5-11-7-8-13(15)14(11)12/h4-6H,7-8H2,1-3H3. The van der Waals surface area contributed by atoms with Gasteiger partial charge in [-0.1, -0.05) is 37.7 Å². The van der Waals surface area contributed by atoms with Gasteiger partial charge in [-0.25, -0.2) is 0 Å². The molecule has 16 heavy (non-hydrogen) atoms. The zero-order chi connectivity index (χ0) is 11.8. The molecule has 0 saturated heterocycles. The Balaban J connectivity index is 2.47. The second-order valence-electron chi connectivity index (χ2n) is 5.26. The first-order valence-corrected chi connectivity index (χ1v) is 9.16. The number of rotatable bonds is 0. The summed E-state index contributed by atoms with van der Waals surface area (Å²) < 4.78 is 0. The highest BCUT2D eigenvalue weighted by atomic mass is 28.3. The van der Waals surface area contributed by atoms with Crippen molar-refractivity contribution in [3.63, 3.8) is 0 Å². The van der Waals surface area contributed by atoms with E-state index in [-0.39, 0.29) is 5.78 Å². The zero-order valence-electron chi connectivity index (χ0n) is 10.1. The van der Waals surface area contributed by atoms with Crippen LogP contribution < -0.4 is 0 Å². The number of hydrogen-bond acceptors (Lipinski definition) is 1. The number of aryl methyl sites for hydroxylation is 1. The summed E-state index contributed by atoms with van der Waals surface area (Å²) in [5.74, 6) is 3.47. The molecule has 1 aromatic rings. The van der Waals surface area contributed by atoms with Gasteiger partial charge in [0.05, 0.1) is 0 Å². The lowest BCUT2D eigenvalue weighted by molar-refractivity contribution is 0.0994. The quantitative estimate of drug-likeness (QED) is 0.493. The third kappa shape index (κ3) is 2.25. The van der Waals surface area contributed by atoms with E-state index in [0.717, 1.165) is 17.5 Å². The molecule has 0 atom stereocenters. The van der Waals surface area contributed by atoms with E-state index in [1.165, 1.54) is 5.56 Å². The van der Waals surface area contributed by atoms with Gasteiger partial charge >= 0.3 is 0 Å². The van der Waals surface area contributed by atoms with Crippen LogP contribution >= 0.6 is 0 Å². The van der Waals surface area contributed by atoms with Crippen molar-refractivity contribution < 1.29 is 4.79 Å². The number of carbonyl (C=O) groups excluding carboxylic acids is 1. The minimum absolute atomic E-state index is 0.260. The van der Waals surface area contributed by atoms with E-state index in [1.54, 1.807) is 0 Å². The van der Waals surface area contributed by atoms with Gasteiger partial charge in [0.1, 0.15) is 8.07 Å². The monoisotopic (exact) mass is 228 g/mol. The molecule has 0 unspecified atom stereocenters. The van der Waals surface area contributed by atoms with Crippen molar-refractivity contribution in [3.05, 3.63) is 34.9 Å². The highest BCUT2D eigenvalue weighted by Gasteiger charge is 2.21. The second kappa shape index (κ2) is 3.91. The second-order valence-corrected chi connectivity index (χ2v) is 10.0. The maximum absolute atomic E-state index is 11.8. The number of Topliss-reactive ketones (excluding diaryl/α,β-unsaturated/α-hetero) is 1. The SMILES string of the molecule is C[Si](C)(C)C#Cc1cccc2c1C(=O)CC2. The summed E-state index contributed by atoms with van der Waals surface area (Å²) in [7, 11) is -1.37. The van der Waals surface area contributed by atoms with E-state index in [9.17, 15) is 4.79 Å². The fraction of sp³-hybridized carbons (Fsp3) is 0.357. The van der Waals surface area contributed by atoms with Gasteiger partial charge in [0.25, 0.3) is 0 Å². The molecule has 0 spiro atoms. The third-order valence-corrected chi connectivity index (χ3v) is 3.50. The minimum atomic E-state index is -1.37. The van der Waals surface area contributed by atoms with E-state index in [0.29, 0.717) is 6.42 Å². The zero-order valence-corrected chi connectivity index (χ0v) is 11.1. The van der Waals surface area contributed by atoms with Crippen LogP contribution in [0, 0.1) is 11.5 Å². The first-order chi connectivity index (χ1) is 7.47. The van der Waals surface area contributed by atoms with E-state index in [2.05, 4.69) is 31.1 Å². The van der Waals surface area contributed by atoms with Crippen molar-refractivity contribution in [1.29, 1.82) is 0 Å². The first-order valence-electron chi connectivity index (χ1n) is 5.66. The van der Waals surface area contributed by atoms with Crippen LogP contribution in [0.4, 0.5) is 0 Å². The molecule has 0 heterocycles. The topological polar surface area (TPSA) is 17.1 Å². The van der Waals surface area contributed by atoms with Crippen LogP contribution in [-0.4, -0.2) is 13.9 Å². The Bertz CT molecular complexity index is 498. The molecular weight excluding hydrogens is 212 g/mol. The minimum Gasteiger partial charge on any atom is -0.294 e. The molecule has 0 N–H and O–H groups in total. The summed E-state index contributed by atoms with van der Waals surface area (Å²) in [5, 5.41) is 0. The predicted molar refractivity (Wildman–Crippen MR) is 69.3 cm³/mol. The summed E-state index contributed by atoms with van der Waals surface area (Å²) in [4.78, 5) is 11.8. The molecule has 0 saturated carbocycles. The Kier molecular flexibility index (Phi) is 2.73. The van der Waals surface area contributed by atoms with Crippen molar-refractivity contribution in [1.82, 2.24) is 0 Å². The van der Waals surface area contributed by atoms with Gasteiger partial charge in [-0.2, -0.15) is 0 Å². The van der Waals surface area contributed by atoms with Crippen LogP contribution in [0.3, 0.4) is 0 Å². The predicted octanol–water partition coefficient (Wildman–Crippen LogP) is 3.04. The highest BCUT2D eigenvalue weighted by molar-refractivity contribution is 6.83. The molecule has 0 amide bonds. The van der Waals surface area contributed by atoms with Crippen LogP contribution in [0.15, 0.2) is 18.2 Å². The van der Waals surface area contributed by atoms with Gasteiger partial charge in [-0.05, 0) is 18.1 Å². The summed E-state index contributed by atoms with van der Waals surface area (Å²) in [6.45, 7) is 6.64. The van der Waals surface area contributed by atoms with E-state index >= 15 is 0 Å². The van der Waals surface area contributed by atoms with Crippen molar-refractivity contribution in [2.75, 3.05) is 0 Å². The van der Waals surface area contributed by atoms with E-state index in [1.807, 2.05) is 18.2 Å². The molecule has 1 nitrogen and oxygen atoms in total. The Morgan fingerprint density at radius 3 is 2.62 bits per heavy atom. The number of carbonyl (C=O) groups is 1. The lowest BCUT2D eigenvalue weighted by Gasteiger charge is -2.05. The van der Waals surface area contributed by atoms with Crippen molar-refractivity contribution in [2.24, 2.45) is 0 Å². The van der Waals surface area contributed by atoms with Gasteiger partial charge in [0.15, 0.2) is 5.78 Å². The van der Waals surface area contributed by atoms with Crippen molar-refractivity contribution in [2.45, 2.75) is 32.5 Å². The van der Waals surface area contributed by atoms with Crippen molar-refractivity contribution in [3.8, 4) is 11.5 Å². The molecule has 0 bridgehead atoms. The Morgan fingerprint density at radius 1 is 1.19 bits per heavy atom. The summed E-state index contributed by atoms with van der Waals surface area (Å²) >= 11 is 0.